The lowest BCUT2D eigenvalue weighted by atomic mass is 10.1. The third-order valence-electron chi connectivity index (χ3n) is 5.63. The number of morpholine rings is 1. The first-order valence-corrected chi connectivity index (χ1v) is 9.92. The van der Waals surface area contributed by atoms with Gasteiger partial charge in [0, 0.05) is 50.2 Å². The standard InChI is InChI=1S/C21H29N3O3/c1-15-4-5-19-18(12-15)16(2)20(22-19)21(25)24-6-3-9-27-17(14-24)13-23-7-10-26-11-8-23/h4-5,12,17,22H,3,6-11,13-14H2,1-2H3. The number of carbonyl (C=O) groups excluding carboxylic acids is 1. The van der Waals surface area contributed by atoms with Gasteiger partial charge in [0.25, 0.3) is 5.91 Å². The van der Waals surface area contributed by atoms with E-state index in [1.54, 1.807) is 0 Å². The predicted octanol–water partition coefficient (Wildman–Crippen LogP) is 2.35. The molecule has 3 heterocycles. The van der Waals surface area contributed by atoms with Crippen molar-refractivity contribution < 1.29 is 14.3 Å². The molecule has 0 saturated carbocycles. The third kappa shape index (κ3) is 4.03. The number of aromatic nitrogens is 1. The summed E-state index contributed by atoms with van der Waals surface area (Å²) in [5, 5.41) is 1.13. The van der Waals surface area contributed by atoms with E-state index in [1.165, 1.54) is 5.56 Å². The molecule has 6 nitrogen and oxygen atoms in total. The first-order valence-electron chi connectivity index (χ1n) is 9.92. The number of nitrogens with zero attached hydrogens (tertiary/aromatic N) is 2. The van der Waals surface area contributed by atoms with Crippen molar-refractivity contribution in [3.8, 4) is 0 Å². The Morgan fingerprint density at radius 1 is 1.19 bits per heavy atom. The first-order chi connectivity index (χ1) is 13.1. The number of fused-ring (bicyclic) bond motifs is 1. The van der Waals surface area contributed by atoms with Crippen LogP contribution in [-0.2, 0) is 9.47 Å². The fourth-order valence-electron chi connectivity index (χ4n) is 4.07. The molecule has 6 heteroatoms. The second kappa shape index (κ2) is 8.00. The minimum absolute atomic E-state index is 0.0569. The van der Waals surface area contributed by atoms with Gasteiger partial charge in [-0.25, -0.2) is 0 Å². The van der Waals surface area contributed by atoms with Crippen LogP contribution < -0.4 is 0 Å². The summed E-state index contributed by atoms with van der Waals surface area (Å²) in [4.78, 5) is 21.0. The molecule has 1 amide bonds. The number of nitrogens with one attached hydrogen (secondary N) is 1. The number of amides is 1. The Hall–Kier alpha value is -1.89. The number of carbonyl (C=O) groups is 1. The summed E-state index contributed by atoms with van der Waals surface area (Å²) in [6, 6.07) is 6.27. The molecule has 2 saturated heterocycles. The highest BCUT2D eigenvalue weighted by Crippen LogP contribution is 2.24. The van der Waals surface area contributed by atoms with E-state index < -0.39 is 0 Å². The molecule has 1 N–H and O–H groups in total. The molecule has 146 valence electrons. The summed E-state index contributed by atoms with van der Waals surface area (Å²) in [7, 11) is 0. The van der Waals surface area contributed by atoms with Gasteiger partial charge in [-0.2, -0.15) is 0 Å². The van der Waals surface area contributed by atoms with Crippen LogP contribution in [0.1, 0.15) is 28.0 Å². The van der Waals surface area contributed by atoms with Gasteiger partial charge in [0.2, 0.25) is 0 Å². The van der Waals surface area contributed by atoms with Gasteiger partial charge in [-0.15, -0.1) is 0 Å². The van der Waals surface area contributed by atoms with Crippen LogP contribution in [0, 0.1) is 13.8 Å². The van der Waals surface area contributed by atoms with Crippen LogP contribution in [0.3, 0.4) is 0 Å². The maximum Gasteiger partial charge on any atom is 0.270 e. The molecule has 2 aromatic rings. The van der Waals surface area contributed by atoms with Gasteiger partial charge in [-0.1, -0.05) is 11.6 Å². The monoisotopic (exact) mass is 371 g/mol. The molecular weight excluding hydrogens is 342 g/mol. The Balaban J connectivity index is 1.50. The van der Waals surface area contributed by atoms with Crippen molar-refractivity contribution in [1.82, 2.24) is 14.8 Å². The molecule has 1 aromatic heterocycles. The Morgan fingerprint density at radius 2 is 2.00 bits per heavy atom. The number of aryl methyl sites for hydroxylation is 2. The number of hydrogen-bond donors (Lipinski definition) is 1. The lowest BCUT2D eigenvalue weighted by Crippen LogP contribution is -2.46. The van der Waals surface area contributed by atoms with Crippen molar-refractivity contribution >= 4 is 16.8 Å². The van der Waals surface area contributed by atoms with Crippen LogP contribution in [0.5, 0.6) is 0 Å². The second-order valence-corrected chi connectivity index (χ2v) is 7.68. The number of benzene rings is 1. The van der Waals surface area contributed by atoms with Crippen molar-refractivity contribution in [2.24, 2.45) is 0 Å². The van der Waals surface area contributed by atoms with Crippen molar-refractivity contribution in [2.75, 3.05) is 52.5 Å². The number of H-pyrrole nitrogens is 1. The molecule has 1 aromatic carbocycles. The van der Waals surface area contributed by atoms with E-state index >= 15 is 0 Å². The quantitative estimate of drug-likeness (QED) is 0.900. The Labute approximate surface area is 160 Å². The molecule has 4 rings (SSSR count). The highest BCUT2D eigenvalue weighted by Gasteiger charge is 2.27. The van der Waals surface area contributed by atoms with Crippen LogP contribution in [0.2, 0.25) is 0 Å². The van der Waals surface area contributed by atoms with Gasteiger partial charge in [0.05, 0.1) is 19.3 Å². The summed E-state index contributed by atoms with van der Waals surface area (Å²) in [6.07, 6.45) is 0.936. The van der Waals surface area contributed by atoms with E-state index in [4.69, 9.17) is 9.47 Å². The first kappa shape index (κ1) is 18.5. The number of hydrogen-bond acceptors (Lipinski definition) is 4. The number of ether oxygens (including phenoxy) is 2. The normalized spacial score (nSPS) is 22.1. The van der Waals surface area contributed by atoms with Crippen LogP contribution in [0.25, 0.3) is 10.9 Å². The lowest BCUT2D eigenvalue weighted by molar-refractivity contribution is -0.0112. The molecule has 0 radical (unpaired) electrons. The Kier molecular flexibility index (Phi) is 5.48. The Morgan fingerprint density at radius 3 is 2.81 bits per heavy atom. The van der Waals surface area contributed by atoms with Crippen LogP contribution in [0.4, 0.5) is 0 Å². The van der Waals surface area contributed by atoms with Crippen molar-refractivity contribution in [3.05, 3.63) is 35.0 Å². The number of rotatable bonds is 3. The van der Waals surface area contributed by atoms with Gasteiger partial charge in [0.1, 0.15) is 5.69 Å². The highest BCUT2D eigenvalue weighted by atomic mass is 16.5. The summed E-state index contributed by atoms with van der Waals surface area (Å²) < 4.78 is 11.5. The fraction of sp³-hybridized carbons (Fsp3) is 0.571. The van der Waals surface area contributed by atoms with Gasteiger partial charge in [-0.3, -0.25) is 9.69 Å². The molecule has 1 atom stereocenters. The molecule has 0 aliphatic carbocycles. The minimum Gasteiger partial charge on any atom is -0.379 e. The molecule has 0 spiro atoms. The zero-order chi connectivity index (χ0) is 18.8. The number of aromatic amines is 1. The highest BCUT2D eigenvalue weighted by molar-refractivity contribution is 6.01. The fourth-order valence-corrected chi connectivity index (χ4v) is 4.07. The summed E-state index contributed by atoms with van der Waals surface area (Å²) >= 11 is 0. The van der Waals surface area contributed by atoms with Crippen molar-refractivity contribution in [3.63, 3.8) is 0 Å². The molecule has 2 aliphatic heterocycles. The maximum atomic E-state index is 13.3. The van der Waals surface area contributed by atoms with Gasteiger partial charge >= 0.3 is 0 Å². The van der Waals surface area contributed by atoms with Gasteiger partial charge < -0.3 is 19.4 Å². The zero-order valence-electron chi connectivity index (χ0n) is 16.3. The third-order valence-corrected chi connectivity index (χ3v) is 5.63. The maximum absolute atomic E-state index is 13.3. The smallest absolute Gasteiger partial charge is 0.270 e. The van der Waals surface area contributed by atoms with E-state index in [-0.39, 0.29) is 12.0 Å². The average molecular weight is 371 g/mol. The van der Waals surface area contributed by atoms with Crippen molar-refractivity contribution in [2.45, 2.75) is 26.4 Å². The predicted molar refractivity (Wildman–Crippen MR) is 105 cm³/mol. The van der Waals surface area contributed by atoms with E-state index in [0.29, 0.717) is 18.8 Å². The topological polar surface area (TPSA) is 57.8 Å². The largest absolute Gasteiger partial charge is 0.379 e. The lowest BCUT2D eigenvalue weighted by Gasteiger charge is -2.31. The van der Waals surface area contributed by atoms with Crippen molar-refractivity contribution in [1.29, 1.82) is 0 Å². The molecule has 0 bridgehead atoms. The summed E-state index contributed by atoms with van der Waals surface area (Å²) in [6.45, 7) is 10.5. The van der Waals surface area contributed by atoms with Gasteiger partial charge in [0.15, 0.2) is 0 Å². The van der Waals surface area contributed by atoms with Crippen LogP contribution in [0.15, 0.2) is 18.2 Å². The Bertz CT molecular complexity index is 810. The molecule has 2 aliphatic rings. The van der Waals surface area contributed by atoms with Crippen LogP contribution in [-0.4, -0.2) is 79.3 Å². The summed E-state index contributed by atoms with van der Waals surface area (Å²) in [5.74, 6) is 0.0823. The molecule has 27 heavy (non-hydrogen) atoms. The molecule has 1 unspecified atom stereocenters. The second-order valence-electron chi connectivity index (χ2n) is 7.68. The van der Waals surface area contributed by atoms with Gasteiger partial charge in [-0.05, 0) is 38.0 Å². The van der Waals surface area contributed by atoms with E-state index in [0.717, 1.165) is 62.3 Å². The average Bonchev–Trinajstić information content (AvgIpc) is 2.85. The minimum atomic E-state index is 0.0569. The van der Waals surface area contributed by atoms with Crippen LogP contribution >= 0.6 is 0 Å². The van der Waals surface area contributed by atoms with E-state index in [9.17, 15) is 4.79 Å². The van der Waals surface area contributed by atoms with E-state index in [1.807, 2.05) is 11.8 Å². The SMILES string of the molecule is Cc1ccc2[nH]c(C(=O)N3CCCOC(CN4CCOCC4)C3)c(C)c2c1. The molecular formula is C21H29N3O3. The molecule has 2 fully saturated rings. The zero-order valence-corrected chi connectivity index (χ0v) is 16.3. The summed E-state index contributed by atoms with van der Waals surface area (Å²) in [5.41, 5.74) is 3.98. The van der Waals surface area contributed by atoms with E-state index in [2.05, 4.69) is 35.0 Å².